The molecular formula is C21H26FN3O. The monoisotopic (exact) mass is 355 g/mol. The average molecular weight is 355 g/mol. The Morgan fingerprint density at radius 2 is 1.92 bits per heavy atom. The van der Waals surface area contributed by atoms with Gasteiger partial charge in [-0.15, -0.1) is 0 Å². The number of piperidine rings is 1. The molecule has 1 spiro atoms. The highest BCUT2D eigenvalue weighted by atomic mass is 19.1. The van der Waals surface area contributed by atoms with Gasteiger partial charge < -0.3 is 9.88 Å². The molecule has 1 aliphatic heterocycles. The van der Waals surface area contributed by atoms with Gasteiger partial charge in [0.15, 0.2) is 0 Å². The van der Waals surface area contributed by atoms with Gasteiger partial charge in [0, 0.05) is 32.0 Å². The molecule has 1 N–H and O–H groups in total. The van der Waals surface area contributed by atoms with E-state index in [2.05, 4.69) is 10.2 Å². The third-order valence-corrected chi connectivity index (χ3v) is 6.24. The number of carbonyl (C=O) groups excluding carboxylic acids is 1. The first kappa shape index (κ1) is 17.3. The van der Waals surface area contributed by atoms with Crippen molar-refractivity contribution in [2.24, 2.45) is 12.5 Å². The second kappa shape index (κ2) is 6.88. The minimum atomic E-state index is -0.183. The van der Waals surface area contributed by atoms with Crippen LogP contribution in [0.2, 0.25) is 0 Å². The van der Waals surface area contributed by atoms with Crippen molar-refractivity contribution in [2.75, 3.05) is 13.1 Å². The van der Waals surface area contributed by atoms with Crippen molar-refractivity contribution >= 4 is 5.91 Å². The van der Waals surface area contributed by atoms with Crippen LogP contribution in [0.15, 0.2) is 42.7 Å². The van der Waals surface area contributed by atoms with E-state index in [1.807, 2.05) is 42.2 Å². The van der Waals surface area contributed by atoms with Gasteiger partial charge in [0.25, 0.3) is 5.91 Å². The summed E-state index contributed by atoms with van der Waals surface area (Å²) in [6, 6.07) is 8.95. The van der Waals surface area contributed by atoms with Crippen LogP contribution in [0.1, 0.15) is 41.6 Å². The topological polar surface area (TPSA) is 37.3 Å². The Kier molecular flexibility index (Phi) is 4.57. The second-order valence-electron chi connectivity index (χ2n) is 7.90. The van der Waals surface area contributed by atoms with E-state index in [0.29, 0.717) is 6.04 Å². The normalized spacial score (nSPS) is 22.2. The van der Waals surface area contributed by atoms with Crippen LogP contribution >= 0.6 is 0 Å². The third-order valence-electron chi connectivity index (χ3n) is 6.24. The van der Waals surface area contributed by atoms with E-state index in [1.54, 1.807) is 0 Å². The van der Waals surface area contributed by atoms with Gasteiger partial charge in [-0.1, -0.05) is 12.1 Å². The predicted octanol–water partition coefficient (Wildman–Crippen LogP) is 3.34. The molecule has 4 rings (SSSR count). The quantitative estimate of drug-likeness (QED) is 0.913. The number of nitrogens with one attached hydrogen (secondary N) is 1. The summed E-state index contributed by atoms with van der Waals surface area (Å²) in [6.07, 6.45) is 8.29. The van der Waals surface area contributed by atoms with Crippen LogP contribution in [-0.4, -0.2) is 34.5 Å². The Hall–Kier alpha value is -2.14. The molecule has 2 aromatic rings. The number of amides is 1. The van der Waals surface area contributed by atoms with Crippen molar-refractivity contribution in [2.45, 2.75) is 38.3 Å². The van der Waals surface area contributed by atoms with Gasteiger partial charge in [0.2, 0.25) is 0 Å². The molecule has 0 radical (unpaired) electrons. The summed E-state index contributed by atoms with van der Waals surface area (Å²) in [5.74, 6) is -0.138. The van der Waals surface area contributed by atoms with E-state index >= 15 is 0 Å². The number of hydrogen-bond acceptors (Lipinski definition) is 2. The Labute approximate surface area is 154 Å². The largest absolute Gasteiger partial charge is 0.356 e. The van der Waals surface area contributed by atoms with Crippen LogP contribution in [0, 0.1) is 11.2 Å². The maximum Gasteiger partial charge on any atom is 0.253 e. The molecule has 2 aliphatic rings. The third kappa shape index (κ3) is 3.40. The molecule has 0 bridgehead atoms. The molecule has 1 aromatic heterocycles. The second-order valence-corrected chi connectivity index (χ2v) is 7.90. The SMILES string of the molecule is Cn1ccc(C(=O)N[C@@H]2CCC23CCN(Cc2ccc(F)cc2)CC3)c1. The van der Waals surface area contributed by atoms with Gasteiger partial charge in [-0.3, -0.25) is 9.69 Å². The van der Waals surface area contributed by atoms with Crippen LogP contribution in [0.3, 0.4) is 0 Å². The van der Waals surface area contributed by atoms with Crippen LogP contribution in [0.5, 0.6) is 0 Å². The van der Waals surface area contributed by atoms with Crippen molar-refractivity contribution in [1.29, 1.82) is 0 Å². The molecule has 1 saturated carbocycles. The van der Waals surface area contributed by atoms with E-state index in [9.17, 15) is 9.18 Å². The molecule has 5 heteroatoms. The lowest BCUT2D eigenvalue weighted by Gasteiger charge is -2.54. The maximum absolute atomic E-state index is 13.0. The fourth-order valence-corrected chi connectivity index (χ4v) is 4.40. The van der Waals surface area contributed by atoms with Gasteiger partial charge in [-0.05, 0) is 68.0 Å². The number of hydrogen-bond donors (Lipinski definition) is 1. The zero-order valence-corrected chi connectivity index (χ0v) is 15.2. The summed E-state index contributed by atoms with van der Waals surface area (Å²) in [6.45, 7) is 2.95. The Balaban J connectivity index is 1.31. The first-order chi connectivity index (χ1) is 12.5. The van der Waals surface area contributed by atoms with Gasteiger partial charge in [0.05, 0.1) is 5.56 Å². The van der Waals surface area contributed by atoms with Crippen molar-refractivity contribution in [3.05, 3.63) is 59.7 Å². The molecule has 1 atom stereocenters. The first-order valence-corrected chi connectivity index (χ1v) is 9.44. The van der Waals surface area contributed by atoms with E-state index in [-0.39, 0.29) is 17.1 Å². The highest BCUT2D eigenvalue weighted by molar-refractivity contribution is 5.94. The van der Waals surface area contributed by atoms with Crippen LogP contribution in [-0.2, 0) is 13.6 Å². The van der Waals surface area contributed by atoms with Crippen LogP contribution in [0.25, 0.3) is 0 Å². The number of benzene rings is 1. The summed E-state index contributed by atoms with van der Waals surface area (Å²) in [5.41, 5.74) is 2.16. The maximum atomic E-state index is 13.0. The lowest BCUT2D eigenvalue weighted by molar-refractivity contribution is -0.00710. The summed E-state index contributed by atoms with van der Waals surface area (Å²) < 4.78 is 14.9. The fourth-order valence-electron chi connectivity index (χ4n) is 4.40. The molecule has 2 heterocycles. The number of likely N-dealkylation sites (tertiary alicyclic amines) is 1. The molecule has 0 unspecified atom stereocenters. The van der Waals surface area contributed by atoms with Crippen LogP contribution in [0.4, 0.5) is 4.39 Å². The average Bonchev–Trinajstić information content (AvgIpc) is 3.08. The van der Waals surface area contributed by atoms with Crippen LogP contribution < -0.4 is 5.32 Å². The standard InChI is InChI=1S/C21H26FN3O/c1-24-11-7-17(15-24)20(26)23-19-6-8-21(19)9-12-25(13-10-21)14-16-2-4-18(22)5-3-16/h2-5,7,11,15,19H,6,8-10,12-14H2,1H3,(H,23,26)/t19-/m1/s1. The highest BCUT2D eigenvalue weighted by Gasteiger charge is 2.48. The number of nitrogens with zero attached hydrogens (tertiary/aromatic N) is 2. The van der Waals surface area contributed by atoms with E-state index in [0.717, 1.165) is 50.0 Å². The van der Waals surface area contributed by atoms with E-state index in [4.69, 9.17) is 0 Å². The predicted molar refractivity (Wildman–Crippen MR) is 99.2 cm³/mol. The molecule has 1 aromatic carbocycles. The Bertz CT molecular complexity index is 775. The number of carbonyl (C=O) groups is 1. The molecule has 26 heavy (non-hydrogen) atoms. The van der Waals surface area contributed by atoms with Gasteiger partial charge in [0.1, 0.15) is 5.82 Å². The van der Waals surface area contributed by atoms with Crippen molar-refractivity contribution in [3.63, 3.8) is 0 Å². The summed E-state index contributed by atoms with van der Waals surface area (Å²) in [7, 11) is 1.93. The zero-order valence-electron chi connectivity index (χ0n) is 15.2. The molecule has 2 fully saturated rings. The van der Waals surface area contributed by atoms with Crippen molar-refractivity contribution < 1.29 is 9.18 Å². The summed E-state index contributed by atoms with van der Waals surface area (Å²) >= 11 is 0. The number of aryl methyl sites for hydroxylation is 1. The van der Waals surface area contributed by atoms with Gasteiger partial charge in [-0.2, -0.15) is 0 Å². The Morgan fingerprint density at radius 3 is 2.50 bits per heavy atom. The zero-order chi connectivity index (χ0) is 18.1. The molecule has 1 saturated heterocycles. The van der Waals surface area contributed by atoms with E-state index < -0.39 is 0 Å². The molecule has 4 nitrogen and oxygen atoms in total. The lowest BCUT2D eigenvalue weighted by Crippen LogP contribution is -2.59. The number of rotatable bonds is 4. The number of halogens is 1. The minimum Gasteiger partial charge on any atom is -0.356 e. The van der Waals surface area contributed by atoms with E-state index in [1.165, 1.54) is 18.6 Å². The smallest absolute Gasteiger partial charge is 0.253 e. The summed E-state index contributed by atoms with van der Waals surface area (Å²) in [4.78, 5) is 14.9. The highest BCUT2D eigenvalue weighted by Crippen LogP contribution is 2.49. The fraction of sp³-hybridized carbons (Fsp3) is 0.476. The van der Waals surface area contributed by atoms with Gasteiger partial charge in [-0.25, -0.2) is 4.39 Å². The van der Waals surface area contributed by atoms with Crippen molar-refractivity contribution in [3.8, 4) is 0 Å². The molecule has 1 aliphatic carbocycles. The Morgan fingerprint density at radius 1 is 1.19 bits per heavy atom. The number of aromatic nitrogens is 1. The lowest BCUT2D eigenvalue weighted by atomic mass is 9.59. The molecular weight excluding hydrogens is 329 g/mol. The minimum absolute atomic E-state index is 0.0448. The molecule has 138 valence electrons. The van der Waals surface area contributed by atoms with Crippen molar-refractivity contribution in [1.82, 2.24) is 14.8 Å². The molecule has 1 amide bonds. The first-order valence-electron chi connectivity index (χ1n) is 9.44. The van der Waals surface area contributed by atoms with Gasteiger partial charge >= 0.3 is 0 Å². The summed E-state index contributed by atoms with van der Waals surface area (Å²) in [5, 5.41) is 3.26.